The van der Waals surface area contributed by atoms with E-state index in [1.54, 1.807) is 63.2 Å². The summed E-state index contributed by atoms with van der Waals surface area (Å²) in [6.07, 6.45) is 0.815. The lowest BCUT2D eigenvalue weighted by Gasteiger charge is -2.19. The van der Waals surface area contributed by atoms with Crippen molar-refractivity contribution >= 4 is 32.8 Å². The van der Waals surface area contributed by atoms with Gasteiger partial charge in [-0.3, -0.25) is 4.72 Å². The minimum absolute atomic E-state index is 0.174. The highest BCUT2D eigenvalue weighted by molar-refractivity contribution is 7.92. The zero-order valence-electron chi connectivity index (χ0n) is 15.6. The molecule has 142 valence electrons. The van der Waals surface area contributed by atoms with Crippen molar-refractivity contribution < 1.29 is 17.9 Å². The second kappa shape index (κ2) is 6.70. The number of aromatic nitrogens is 2. The number of nitrogens with one attached hydrogen (secondary N) is 1. The summed E-state index contributed by atoms with van der Waals surface area (Å²) in [5.74, 6) is 0. The Bertz CT molecular complexity index is 1090. The van der Waals surface area contributed by atoms with E-state index in [1.807, 2.05) is 6.92 Å². The molecule has 0 spiro atoms. The van der Waals surface area contributed by atoms with Crippen LogP contribution in [0.25, 0.3) is 11.0 Å². The average molecular weight is 387 g/mol. The van der Waals surface area contributed by atoms with E-state index in [9.17, 15) is 13.2 Å². The number of benzene rings is 2. The molecule has 0 unspecified atom stereocenters. The summed E-state index contributed by atoms with van der Waals surface area (Å²) >= 11 is 0. The maximum Gasteiger partial charge on any atom is 0.420 e. The van der Waals surface area contributed by atoms with Crippen molar-refractivity contribution in [2.75, 3.05) is 4.72 Å². The molecule has 0 aliphatic rings. The molecule has 2 aromatic carbocycles. The third-order valence-corrected chi connectivity index (χ3v) is 5.12. The van der Waals surface area contributed by atoms with Crippen molar-refractivity contribution in [3.8, 4) is 0 Å². The maximum atomic E-state index is 12.5. The van der Waals surface area contributed by atoms with Crippen LogP contribution in [-0.4, -0.2) is 29.7 Å². The summed E-state index contributed by atoms with van der Waals surface area (Å²) in [6.45, 7) is 7.23. The van der Waals surface area contributed by atoms with Gasteiger partial charge in [0.2, 0.25) is 0 Å². The number of aryl methyl sites for hydroxylation is 1. The van der Waals surface area contributed by atoms with Crippen LogP contribution >= 0.6 is 0 Å². The normalized spacial score (nSPS) is 12.1. The minimum atomic E-state index is -3.71. The van der Waals surface area contributed by atoms with Crippen molar-refractivity contribution in [3.63, 3.8) is 0 Å². The fraction of sp³-hybridized carbons (Fsp3) is 0.263. The first kappa shape index (κ1) is 18.9. The fourth-order valence-corrected chi connectivity index (χ4v) is 3.51. The van der Waals surface area contributed by atoms with Gasteiger partial charge in [0.1, 0.15) is 11.9 Å². The minimum Gasteiger partial charge on any atom is -0.443 e. The topological polar surface area (TPSA) is 90.3 Å². The van der Waals surface area contributed by atoms with Crippen LogP contribution in [0, 0.1) is 6.92 Å². The van der Waals surface area contributed by atoms with E-state index in [-0.39, 0.29) is 4.90 Å². The van der Waals surface area contributed by atoms with Crippen molar-refractivity contribution in [3.05, 3.63) is 54.4 Å². The van der Waals surface area contributed by atoms with Crippen molar-refractivity contribution in [1.29, 1.82) is 0 Å². The van der Waals surface area contributed by atoms with Crippen molar-refractivity contribution in [2.45, 2.75) is 38.2 Å². The summed E-state index contributed by atoms with van der Waals surface area (Å²) in [5.41, 5.74) is 1.71. The molecule has 27 heavy (non-hydrogen) atoms. The van der Waals surface area contributed by atoms with Crippen LogP contribution in [0.1, 0.15) is 26.3 Å². The zero-order chi connectivity index (χ0) is 19.8. The molecule has 1 heterocycles. The number of ether oxygens (including phenoxy) is 1. The first-order chi connectivity index (χ1) is 12.5. The molecule has 0 fully saturated rings. The number of fused-ring (bicyclic) bond motifs is 1. The van der Waals surface area contributed by atoms with Gasteiger partial charge in [0.15, 0.2) is 0 Å². The van der Waals surface area contributed by atoms with Crippen molar-refractivity contribution in [2.24, 2.45) is 0 Å². The van der Waals surface area contributed by atoms with Crippen LogP contribution in [0.4, 0.5) is 10.5 Å². The quantitative estimate of drug-likeness (QED) is 0.735. The van der Waals surface area contributed by atoms with Gasteiger partial charge in [0, 0.05) is 0 Å². The van der Waals surface area contributed by atoms with Gasteiger partial charge in [0.05, 0.1) is 21.6 Å². The molecule has 1 N–H and O–H groups in total. The monoisotopic (exact) mass is 387 g/mol. The predicted molar refractivity (Wildman–Crippen MR) is 103 cm³/mol. The first-order valence-corrected chi connectivity index (χ1v) is 9.83. The molecule has 0 saturated heterocycles. The van der Waals surface area contributed by atoms with Gasteiger partial charge in [-0.15, -0.1) is 0 Å². The van der Waals surface area contributed by atoms with E-state index in [0.717, 1.165) is 5.56 Å². The number of carbonyl (C=O) groups is 1. The van der Waals surface area contributed by atoms with Gasteiger partial charge < -0.3 is 4.74 Å². The van der Waals surface area contributed by atoms with Gasteiger partial charge in [-0.1, -0.05) is 17.7 Å². The SMILES string of the molecule is Cc1ccc(S(=O)(=O)Nc2ccc3c(c2)ncn3C(=O)OC(C)(C)C)cc1. The Morgan fingerprint density at radius 1 is 1.11 bits per heavy atom. The Balaban J connectivity index is 1.88. The number of carbonyl (C=O) groups excluding carboxylic acids is 1. The Kier molecular flexibility index (Phi) is 4.69. The second-order valence-electron chi connectivity index (χ2n) is 7.22. The van der Waals surface area contributed by atoms with Gasteiger partial charge in [-0.25, -0.2) is 22.8 Å². The van der Waals surface area contributed by atoms with Gasteiger partial charge in [-0.2, -0.15) is 0 Å². The molecule has 1 aromatic heterocycles. The van der Waals surface area contributed by atoms with Crippen LogP contribution in [-0.2, 0) is 14.8 Å². The van der Waals surface area contributed by atoms with Crippen molar-refractivity contribution in [1.82, 2.24) is 9.55 Å². The number of hydrogen-bond donors (Lipinski definition) is 1. The van der Waals surface area contributed by atoms with Gasteiger partial charge in [0.25, 0.3) is 10.0 Å². The lowest BCUT2D eigenvalue weighted by Crippen LogP contribution is -2.26. The van der Waals surface area contributed by atoms with E-state index in [1.165, 1.54) is 10.9 Å². The molecule has 8 heteroatoms. The van der Waals surface area contributed by atoms with Gasteiger partial charge in [-0.05, 0) is 58.0 Å². The number of imidazole rings is 1. The predicted octanol–water partition coefficient (Wildman–Crippen LogP) is 3.93. The molecule has 0 bridgehead atoms. The average Bonchev–Trinajstić information content (AvgIpc) is 2.96. The highest BCUT2D eigenvalue weighted by atomic mass is 32.2. The third kappa shape index (κ3) is 4.28. The fourth-order valence-electron chi connectivity index (χ4n) is 2.46. The molecule has 0 atom stereocenters. The van der Waals surface area contributed by atoms with Gasteiger partial charge >= 0.3 is 6.09 Å². The third-order valence-electron chi connectivity index (χ3n) is 3.72. The Hall–Kier alpha value is -2.87. The Morgan fingerprint density at radius 3 is 2.41 bits per heavy atom. The largest absolute Gasteiger partial charge is 0.443 e. The molecule has 3 rings (SSSR count). The standard InChI is InChI=1S/C19H21N3O4S/c1-13-5-8-15(9-6-13)27(24,25)21-14-7-10-17-16(11-14)20-12-22(17)18(23)26-19(2,3)4/h5-12,21H,1-4H3. The summed E-state index contributed by atoms with van der Waals surface area (Å²) in [6, 6.07) is 11.3. The van der Waals surface area contributed by atoms with Crippen LogP contribution in [0.15, 0.2) is 53.7 Å². The smallest absolute Gasteiger partial charge is 0.420 e. The number of anilines is 1. The summed E-state index contributed by atoms with van der Waals surface area (Å²) in [7, 11) is -3.71. The number of rotatable bonds is 3. The lowest BCUT2D eigenvalue weighted by molar-refractivity contribution is 0.0543. The Morgan fingerprint density at radius 2 is 1.78 bits per heavy atom. The van der Waals surface area contributed by atoms with Crippen LogP contribution in [0.2, 0.25) is 0 Å². The highest BCUT2D eigenvalue weighted by Gasteiger charge is 2.20. The lowest BCUT2D eigenvalue weighted by atomic mass is 10.2. The molecular formula is C19H21N3O4S. The van der Waals surface area contributed by atoms with E-state index >= 15 is 0 Å². The molecule has 0 saturated carbocycles. The summed E-state index contributed by atoms with van der Waals surface area (Å²) in [5, 5.41) is 0. The zero-order valence-corrected chi connectivity index (χ0v) is 16.4. The summed E-state index contributed by atoms with van der Waals surface area (Å²) in [4.78, 5) is 16.6. The molecule has 3 aromatic rings. The van der Waals surface area contributed by atoms with Crippen LogP contribution in [0.3, 0.4) is 0 Å². The number of nitrogens with zero attached hydrogens (tertiary/aromatic N) is 2. The maximum absolute atomic E-state index is 12.5. The number of sulfonamides is 1. The van der Waals surface area contributed by atoms with E-state index < -0.39 is 21.7 Å². The molecule has 0 radical (unpaired) electrons. The highest BCUT2D eigenvalue weighted by Crippen LogP contribution is 2.22. The van der Waals surface area contributed by atoms with E-state index in [4.69, 9.17) is 4.74 Å². The van der Waals surface area contributed by atoms with E-state index in [2.05, 4.69) is 9.71 Å². The molecular weight excluding hydrogens is 366 g/mol. The molecule has 0 aliphatic heterocycles. The van der Waals surface area contributed by atoms with Crippen LogP contribution < -0.4 is 4.72 Å². The summed E-state index contributed by atoms with van der Waals surface area (Å²) < 4.78 is 34.2. The van der Waals surface area contributed by atoms with E-state index in [0.29, 0.717) is 16.7 Å². The molecule has 0 amide bonds. The second-order valence-corrected chi connectivity index (χ2v) is 8.90. The molecule has 7 nitrogen and oxygen atoms in total. The molecule has 0 aliphatic carbocycles. The number of hydrogen-bond acceptors (Lipinski definition) is 5. The Labute approximate surface area is 158 Å². The van der Waals surface area contributed by atoms with Crippen LogP contribution in [0.5, 0.6) is 0 Å². The first-order valence-electron chi connectivity index (χ1n) is 8.35.